The molecule has 5 nitrogen and oxygen atoms in total. The highest BCUT2D eigenvalue weighted by molar-refractivity contribution is 5.47. The Bertz CT molecular complexity index is 402. The number of aromatic nitrogens is 1. The number of nitrogens with two attached hydrogens (primary N) is 1. The Morgan fingerprint density at radius 1 is 1.56 bits per heavy atom. The van der Waals surface area contributed by atoms with Crippen molar-refractivity contribution in [2.24, 2.45) is 5.73 Å². The first-order chi connectivity index (χ1) is 7.43. The molecule has 1 rings (SSSR count). The molecule has 0 aliphatic carbocycles. The number of aryl methyl sites for hydroxylation is 2. The molecule has 88 valence electrons. The molecule has 1 aromatic rings. The molecule has 1 heterocycles. The number of rotatable bonds is 4. The predicted octanol–water partition coefficient (Wildman–Crippen LogP) is 1.89. The van der Waals surface area contributed by atoms with Crippen LogP contribution in [0.25, 0.3) is 0 Å². The monoisotopic (exact) mass is 223 g/mol. The van der Waals surface area contributed by atoms with Crippen molar-refractivity contribution in [3.63, 3.8) is 0 Å². The molecule has 0 saturated carbocycles. The average molecular weight is 223 g/mol. The van der Waals surface area contributed by atoms with Crippen LogP contribution in [0, 0.1) is 24.0 Å². The first kappa shape index (κ1) is 12.6. The van der Waals surface area contributed by atoms with Crippen molar-refractivity contribution in [3.05, 3.63) is 33.1 Å². The van der Waals surface area contributed by atoms with E-state index in [1.165, 1.54) is 0 Å². The van der Waals surface area contributed by atoms with Gasteiger partial charge in [-0.15, -0.1) is 0 Å². The molecule has 1 atom stereocenters. The normalized spacial score (nSPS) is 12.5. The van der Waals surface area contributed by atoms with Gasteiger partial charge in [-0.05, 0) is 33.6 Å². The summed E-state index contributed by atoms with van der Waals surface area (Å²) in [7, 11) is 0. The predicted molar refractivity (Wildman–Crippen MR) is 62.3 cm³/mol. The Balaban J connectivity index is 3.04. The number of nitro groups is 1. The number of hydrogen-bond donors (Lipinski definition) is 1. The maximum Gasteiger partial charge on any atom is 0.278 e. The van der Waals surface area contributed by atoms with Gasteiger partial charge in [0.05, 0.1) is 10.6 Å². The molecule has 1 aromatic heterocycles. The fraction of sp³-hybridized carbons (Fsp3) is 0.545. The lowest BCUT2D eigenvalue weighted by molar-refractivity contribution is -0.386. The van der Waals surface area contributed by atoms with Gasteiger partial charge in [-0.3, -0.25) is 15.1 Å². The second-order valence-corrected chi connectivity index (χ2v) is 4.13. The van der Waals surface area contributed by atoms with Gasteiger partial charge in [0.25, 0.3) is 5.69 Å². The molecule has 16 heavy (non-hydrogen) atoms. The van der Waals surface area contributed by atoms with E-state index in [2.05, 4.69) is 4.98 Å². The van der Waals surface area contributed by atoms with E-state index in [9.17, 15) is 10.1 Å². The topological polar surface area (TPSA) is 82.0 Å². The zero-order valence-electron chi connectivity index (χ0n) is 9.86. The Hall–Kier alpha value is -1.49. The lowest BCUT2D eigenvalue weighted by Crippen LogP contribution is -2.16. The van der Waals surface area contributed by atoms with Crippen molar-refractivity contribution >= 4 is 5.69 Å². The lowest BCUT2D eigenvalue weighted by atomic mass is 10.0. The zero-order chi connectivity index (χ0) is 12.3. The number of nitrogens with zero attached hydrogens (tertiary/aromatic N) is 2. The Morgan fingerprint density at radius 3 is 2.69 bits per heavy atom. The third-order valence-corrected chi connectivity index (χ3v) is 2.59. The molecular weight excluding hydrogens is 206 g/mol. The third-order valence-electron chi connectivity index (χ3n) is 2.59. The van der Waals surface area contributed by atoms with Crippen molar-refractivity contribution in [2.75, 3.05) is 0 Å². The SMILES string of the molecule is Cc1cnc(CCC(C)N)c(C)c1[N+](=O)[O-]. The van der Waals surface area contributed by atoms with Crippen LogP contribution < -0.4 is 5.73 Å². The Kier molecular flexibility index (Phi) is 3.95. The van der Waals surface area contributed by atoms with Crippen molar-refractivity contribution in [1.82, 2.24) is 4.98 Å². The maximum absolute atomic E-state index is 10.9. The summed E-state index contributed by atoms with van der Waals surface area (Å²) in [6.45, 7) is 5.36. The molecular formula is C11H17N3O2. The fourth-order valence-corrected chi connectivity index (χ4v) is 1.66. The Morgan fingerprint density at radius 2 is 2.19 bits per heavy atom. The standard InChI is InChI=1S/C11H17N3O2/c1-7-6-13-10(5-4-8(2)12)9(3)11(7)14(15)16/h6,8H,4-5,12H2,1-3H3. The summed E-state index contributed by atoms with van der Waals surface area (Å²) in [6, 6.07) is 0.0848. The van der Waals surface area contributed by atoms with E-state index >= 15 is 0 Å². The van der Waals surface area contributed by atoms with E-state index in [-0.39, 0.29) is 16.7 Å². The molecule has 0 spiro atoms. The summed E-state index contributed by atoms with van der Waals surface area (Å²) >= 11 is 0. The van der Waals surface area contributed by atoms with Crippen molar-refractivity contribution in [1.29, 1.82) is 0 Å². The second-order valence-electron chi connectivity index (χ2n) is 4.13. The van der Waals surface area contributed by atoms with Gasteiger partial charge in [-0.1, -0.05) is 0 Å². The van der Waals surface area contributed by atoms with Crippen LogP contribution in [-0.2, 0) is 6.42 Å². The number of hydrogen-bond acceptors (Lipinski definition) is 4. The number of pyridine rings is 1. The summed E-state index contributed by atoms with van der Waals surface area (Å²) in [4.78, 5) is 14.8. The van der Waals surface area contributed by atoms with Crippen LogP contribution in [0.15, 0.2) is 6.20 Å². The Labute approximate surface area is 94.8 Å². The second kappa shape index (κ2) is 5.03. The van der Waals surface area contributed by atoms with E-state index < -0.39 is 0 Å². The summed E-state index contributed by atoms with van der Waals surface area (Å²) in [6.07, 6.45) is 3.03. The van der Waals surface area contributed by atoms with Crippen LogP contribution in [0.5, 0.6) is 0 Å². The van der Waals surface area contributed by atoms with Gasteiger partial charge in [-0.25, -0.2) is 0 Å². The minimum Gasteiger partial charge on any atom is -0.328 e. The van der Waals surface area contributed by atoms with Gasteiger partial charge in [0, 0.05) is 23.4 Å². The van der Waals surface area contributed by atoms with Crippen molar-refractivity contribution < 1.29 is 4.92 Å². The molecule has 2 N–H and O–H groups in total. The lowest BCUT2D eigenvalue weighted by Gasteiger charge is -2.08. The summed E-state index contributed by atoms with van der Waals surface area (Å²) < 4.78 is 0. The maximum atomic E-state index is 10.9. The molecule has 0 aliphatic heterocycles. The van der Waals surface area contributed by atoms with E-state index in [4.69, 9.17) is 5.73 Å². The van der Waals surface area contributed by atoms with Gasteiger partial charge in [0.15, 0.2) is 0 Å². The van der Waals surface area contributed by atoms with Crippen LogP contribution in [0.2, 0.25) is 0 Å². The summed E-state index contributed by atoms with van der Waals surface area (Å²) in [5.41, 5.74) is 7.87. The van der Waals surface area contributed by atoms with Crippen molar-refractivity contribution in [3.8, 4) is 0 Å². The molecule has 0 saturated heterocycles. The smallest absolute Gasteiger partial charge is 0.278 e. The molecule has 0 bridgehead atoms. The molecule has 0 aromatic carbocycles. The van der Waals surface area contributed by atoms with E-state index in [0.717, 1.165) is 12.1 Å². The summed E-state index contributed by atoms with van der Waals surface area (Å²) in [5, 5.41) is 10.9. The average Bonchev–Trinajstić information content (AvgIpc) is 2.15. The quantitative estimate of drug-likeness (QED) is 0.624. The van der Waals surface area contributed by atoms with Gasteiger partial charge >= 0.3 is 0 Å². The van der Waals surface area contributed by atoms with Gasteiger partial charge < -0.3 is 5.73 Å². The van der Waals surface area contributed by atoms with E-state index in [1.807, 2.05) is 6.92 Å². The molecule has 0 amide bonds. The van der Waals surface area contributed by atoms with Crippen LogP contribution in [0.4, 0.5) is 5.69 Å². The van der Waals surface area contributed by atoms with Crippen LogP contribution in [0.3, 0.4) is 0 Å². The summed E-state index contributed by atoms with van der Waals surface area (Å²) in [5.74, 6) is 0. The van der Waals surface area contributed by atoms with Crippen LogP contribution >= 0.6 is 0 Å². The first-order valence-electron chi connectivity index (χ1n) is 5.28. The molecule has 0 radical (unpaired) electrons. The van der Waals surface area contributed by atoms with Crippen LogP contribution in [0.1, 0.15) is 30.2 Å². The third kappa shape index (κ3) is 2.76. The van der Waals surface area contributed by atoms with E-state index in [1.54, 1.807) is 20.0 Å². The van der Waals surface area contributed by atoms with Crippen LogP contribution in [-0.4, -0.2) is 15.9 Å². The minimum atomic E-state index is -0.346. The largest absolute Gasteiger partial charge is 0.328 e. The highest BCUT2D eigenvalue weighted by Gasteiger charge is 2.18. The molecule has 0 fully saturated rings. The minimum absolute atomic E-state index is 0.0848. The van der Waals surface area contributed by atoms with Crippen molar-refractivity contribution in [2.45, 2.75) is 39.7 Å². The van der Waals surface area contributed by atoms with E-state index in [0.29, 0.717) is 17.5 Å². The fourth-order valence-electron chi connectivity index (χ4n) is 1.66. The van der Waals surface area contributed by atoms with Gasteiger partial charge in [0.2, 0.25) is 0 Å². The van der Waals surface area contributed by atoms with Gasteiger partial charge in [0.1, 0.15) is 0 Å². The highest BCUT2D eigenvalue weighted by Crippen LogP contribution is 2.24. The van der Waals surface area contributed by atoms with Gasteiger partial charge in [-0.2, -0.15) is 0 Å². The zero-order valence-corrected chi connectivity index (χ0v) is 9.86. The molecule has 5 heteroatoms. The molecule has 1 unspecified atom stereocenters. The first-order valence-corrected chi connectivity index (χ1v) is 5.28. The molecule has 0 aliphatic rings. The highest BCUT2D eigenvalue weighted by atomic mass is 16.6.